The Bertz CT molecular complexity index is 614. The molecule has 0 unspecified atom stereocenters. The van der Waals surface area contributed by atoms with E-state index in [0.717, 1.165) is 50.3 Å². The van der Waals surface area contributed by atoms with Gasteiger partial charge in [0.1, 0.15) is 5.75 Å². The summed E-state index contributed by atoms with van der Waals surface area (Å²) in [6, 6.07) is 3.36. The summed E-state index contributed by atoms with van der Waals surface area (Å²) in [4.78, 5) is 13.1. The number of fused-ring (bicyclic) bond motifs is 1. The molecule has 0 bridgehead atoms. The summed E-state index contributed by atoms with van der Waals surface area (Å²) < 4.78 is 10.8. The maximum atomic E-state index is 11.1. The predicted molar refractivity (Wildman–Crippen MR) is 88.0 cm³/mol. The number of rotatable bonds is 4. The standard InChI is InChI=1S/C16H19ClN2O4/c17-11-23-16-10-14(19(20)21)9-12-1-2-13(3-4-15(12)16)18-5-7-22-8-6-18/h1-2,9-10,13H,3-8,11H2/t13-/m1/s1. The van der Waals surface area contributed by atoms with Crippen LogP contribution in [0.5, 0.6) is 5.75 Å². The molecule has 1 atom stereocenters. The molecule has 3 rings (SSSR count). The number of hydrogen-bond donors (Lipinski definition) is 0. The fourth-order valence-electron chi connectivity index (χ4n) is 3.18. The van der Waals surface area contributed by atoms with Crippen LogP contribution in [0.25, 0.3) is 6.08 Å². The first-order valence-electron chi connectivity index (χ1n) is 7.69. The molecule has 6 nitrogen and oxygen atoms in total. The first-order valence-corrected chi connectivity index (χ1v) is 8.22. The van der Waals surface area contributed by atoms with Gasteiger partial charge in [-0.3, -0.25) is 15.0 Å². The number of non-ortho nitro benzene ring substituents is 1. The summed E-state index contributed by atoms with van der Waals surface area (Å²) in [6.45, 7) is 3.33. The van der Waals surface area contributed by atoms with E-state index in [1.54, 1.807) is 6.07 Å². The maximum Gasteiger partial charge on any atom is 0.273 e. The zero-order valence-electron chi connectivity index (χ0n) is 12.7. The molecule has 0 saturated carbocycles. The summed E-state index contributed by atoms with van der Waals surface area (Å²) in [5, 5.41) is 11.1. The Labute approximate surface area is 139 Å². The van der Waals surface area contributed by atoms with Crippen LogP contribution in [0.2, 0.25) is 0 Å². The van der Waals surface area contributed by atoms with Gasteiger partial charge in [0.25, 0.3) is 5.69 Å². The lowest BCUT2D eigenvalue weighted by Crippen LogP contribution is -2.42. The van der Waals surface area contributed by atoms with Crippen LogP contribution in [-0.2, 0) is 11.2 Å². The first-order chi connectivity index (χ1) is 11.2. The Morgan fingerprint density at radius 3 is 2.87 bits per heavy atom. The highest BCUT2D eigenvalue weighted by atomic mass is 35.5. The minimum Gasteiger partial charge on any atom is -0.477 e. The van der Waals surface area contributed by atoms with Crippen molar-refractivity contribution in [3.63, 3.8) is 0 Å². The third kappa shape index (κ3) is 3.65. The van der Waals surface area contributed by atoms with Crippen molar-refractivity contribution in [2.45, 2.75) is 18.9 Å². The molecule has 0 amide bonds. The SMILES string of the molecule is O=[N+]([O-])c1cc2c(c(OCCl)c1)CC[C@H](N1CCOCC1)C=C2. The largest absolute Gasteiger partial charge is 0.477 e. The predicted octanol–water partition coefficient (Wildman–Crippen LogP) is 2.83. The second-order valence-electron chi connectivity index (χ2n) is 5.64. The van der Waals surface area contributed by atoms with Crippen molar-refractivity contribution in [3.05, 3.63) is 39.4 Å². The number of alkyl halides is 1. The van der Waals surface area contributed by atoms with Crippen molar-refractivity contribution in [1.29, 1.82) is 0 Å². The zero-order valence-corrected chi connectivity index (χ0v) is 13.5. The Hall–Kier alpha value is -1.63. The number of halogens is 1. The monoisotopic (exact) mass is 338 g/mol. The van der Waals surface area contributed by atoms with Crippen LogP contribution in [0.3, 0.4) is 0 Å². The van der Waals surface area contributed by atoms with E-state index in [1.165, 1.54) is 6.07 Å². The van der Waals surface area contributed by atoms with Crippen LogP contribution in [0, 0.1) is 10.1 Å². The van der Waals surface area contributed by atoms with Crippen LogP contribution in [0.1, 0.15) is 17.5 Å². The van der Waals surface area contributed by atoms with Gasteiger partial charge in [0.05, 0.1) is 24.2 Å². The quantitative estimate of drug-likeness (QED) is 0.480. The molecule has 0 radical (unpaired) electrons. The van der Waals surface area contributed by atoms with Gasteiger partial charge in [0, 0.05) is 30.8 Å². The molecule has 2 aliphatic rings. The highest BCUT2D eigenvalue weighted by Gasteiger charge is 2.24. The van der Waals surface area contributed by atoms with E-state index < -0.39 is 4.92 Å². The van der Waals surface area contributed by atoms with Gasteiger partial charge in [0.15, 0.2) is 6.07 Å². The van der Waals surface area contributed by atoms with E-state index in [1.807, 2.05) is 6.08 Å². The summed E-state index contributed by atoms with van der Waals surface area (Å²) in [5.41, 5.74) is 1.86. The molecule has 23 heavy (non-hydrogen) atoms. The number of morpholine rings is 1. The number of benzene rings is 1. The van der Waals surface area contributed by atoms with Gasteiger partial charge >= 0.3 is 0 Å². The van der Waals surface area contributed by atoms with Gasteiger partial charge in [0.2, 0.25) is 0 Å². The summed E-state index contributed by atoms with van der Waals surface area (Å²) in [5.74, 6) is 0.511. The normalized spacial score (nSPS) is 21.5. The van der Waals surface area contributed by atoms with Crippen LogP contribution in [0.4, 0.5) is 5.69 Å². The van der Waals surface area contributed by atoms with Crippen LogP contribution in [0.15, 0.2) is 18.2 Å². The molecular formula is C16H19ClN2O4. The zero-order chi connectivity index (χ0) is 16.2. The Kier molecular flexibility index (Phi) is 5.15. The van der Waals surface area contributed by atoms with Crippen molar-refractivity contribution < 1.29 is 14.4 Å². The van der Waals surface area contributed by atoms with Crippen molar-refractivity contribution in [2.75, 3.05) is 32.4 Å². The van der Waals surface area contributed by atoms with E-state index in [0.29, 0.717) is 11.8 Å². The lowest BCUT2D eigenvalue weighted by Gasteiger charge is -2.32. The fraction of sp³-hybridized carbons (Fsp3) is 0.500. The smallest absolute Gasteiger partial charge is 0.273 e. The van der Waals surface area contributed by atoms with E-state index in [-0.39, 0.29) is 11.8 Å². The molecule has 0 N–H and O–H groups in total. The van der Waals surface area contributed by atoms with Crippen LogP contribution < -0.4 is 4.74 Å². The van der Waals surface area contributed by atoms with E-state index >= 15 is 0 Å². The lowest BCUT2D eigenvalue weighted by atomic mass is 10.0. The van der Waals surface area contributed by atoms with Gasteiger partial charge in [-0.25, -0.2) is 0 Å². The lowest BCUT2D eigenvalue weighted by molar-refractivity contribution is -0.385. The highest BCUT2D eigenvalue weighted by molar-refractivity contribution is 6.17. The molecule has 1 aromatic carbocycles. The van der Waals surface area contributed by atoms with Crippen molar-refractivity contribution >= 4 is 23.4 Å². The van der Waals surface area contributed by atoms with Crippen molar-refractivity contribution in [3.8, 4) is 5.75 Å². The van der Waals surface area contributed by atoms with Crippen molar-refractivity contribution in [1.82, 2.24) is 4.90 Å². The maximum absolute atomic E-state index is 11.1. The fourth-order valence-corrected chi connectivity index (χ4v) is 3.30. The van der Waals surface area contributed by atoms with Gasteiger partial charge in [-0.15, -0.1) is 0 Å². The number of nitrogens with zero attached hydrogens (tertiary/aromatic N) is 2. The number of hydrogen-bond acceptors (Lipinski definition) is 5. The summed E-state index contributed by atoms with van der Waals surface area (Å²) in [6.07, 6.45) is 5.84. The van der Waals surface area contributed by atoms with Gasteiger partial charge in [-0.05, 0) is 18.4 Å². The number of nitro groups is 1. The molecule has 1 fully saturated rings. The number of nitro benzene ring substituents is 1. The molecule has 0 aromatic heterocycles. The molecule has 7 heteroatoms. The average Bonchev–Trinajstić information content (AvgIpc) is 2.78. The van der Waals surface area contributed by atoms with E-state index in [2.05, 4.69) is 11.0 Å². The van der Waals surface area contributed by atoms with Gasteiger partial charge in [-0.1, -0.05) is 23.8 Å². The second-order valence-corrected chi connectivity index (χ2v) is 5.85. The topological polar surface area (TPSA) is 64.8 Å². The summed E-state index contributed by atoms with van der Waals surface area (Å²) in [7, 11) is 0. The minimum atomic E-state index is -0.403. The molecule has 1 heterocycles. The van der Waals surface area contributed by atoms with Crippen molar-refractivity contribution in [2.24, 2.45) is 0 Å². The van der Waals surface area contributed by atoms with Crippen LogP contribution >= 0.6 is 11.6 Å². The third-order valence-electron chi connectivity index (χ3n) is 4.35. The second kappa shape index (κ2) is 7.29. The van der Waals surface area contributed by atoms with Crippen LogP contribution in [-0.4, -0.2) is 48.2 Å². The Morgan fingerprint density at radius 1 is 1.39 bits per heavy atom. The average molecular weight is 339 g/mol. The number of ether oxygens (including phenoxy) is 2. The van der Waals surface area contributed by atoms with Gasteiger partial charge in [-0.2, -0.15) is 0 Å². The minimum absolute atomic E-state index is 0.0236. The molecule has 0 spiro atoms. The Morgan fingerprint density at radius 2 is 2.17 bits per heavy atom. The molecule has 1 saturated heterocycles. The Balaban J connectivity index is 1.89. The van der Waals surface area contributed by atoms with E-state index in [4.69, 9.17) is 21.1 Å². The van der Waals surface area contributed by atoms with Gasteiger partial charge < -0.3 is 9.47 Å². The first kappa shape index (κ1) is 16.2. The molecular weight excluding hydrogens is 320 g/mol. The molecule has 1 aliphatic heterocycles. The van der Waals surface area contributed by atoms with E-state index in [9.17, 15) is 10.1 Å². The molecule has 1 aliphatic carbocycles. The highest BCUT2D eigenvalue weighted by Crippen LogP contribution is 2.33. The third-order valence-corrected chi connectivity index (χ3v) is 4.46. The summed E-state index contributed by atoms with van der Waals surface area (Å²) >= 11 is 5.67. The molecule has 1 aromatic rings. The molecule has 124 valence electrons.